The van der Waals surface area contributed by atoms with Crippen LogP contribution < -0.4 is 0 Å². The topological polar surface area (TPSA) is 0 Å². The summed E-state index contributed by atoms with van der Waals surface area (Å²) in [5.41, 5.74) is 10.5. The van der Waals surface area contributed by atoms with Gasteiger partial charge in [-0.15, -0.1) is 0 Å². The molecule has 0 saturated carbocycles. The Morgan fingerprint density at radius 2 is 1.00 bits per heavy atom. The zero-order valence-electron chi connectivity index (χ0n) is 25.9. The zero-order chi connectivity index (χ0) is 30.4. The first-order valence-electron chi connectivity index (χ1n) is 16.1. The molecule has 0 fully saturated rings. The van der Waals surface area contributed by atoms with Crippen LogP contribution in [0.25, 0.3) is 65.7 Å². The van der Waals surface area contributed by atoms with E-state index in [1.807, 2.05) is 0 Å². The SMILES string of the molecule is CC1(C)C/C=C\C=C/Cc2ccc(-c3c4ccccc4c(-c4cccc(-c5ccc6ccccc6c5)c4)c4ccccc34)cc21. The van der Waals surface area contributed by atoms with Crippen molar-refractivity contribution in [2.75, 3.05) is 0 Å². The molecule has 0 atom stereocenters. The molecule has 0 bridgehead atoms. The van der Waals surface area contributed by atoms with Crippen LogP contribution in [0.2, 0.25) is 0 Å². The monoisotopic (exact) mass is 576 g/mol. The van der Waals surface area contributed by atoms with E-state index >= 15 is 0 Å². The van der Waals surface area contributed by atoms with Gasteiger partial charge >= 0.3 is 0 Å². The molecular weight excluding hydrogens is 540 g/mol. The third kappa shape index (κ3) is 4.88. The summed E-state index contributed by atoms with van der Waals surface area (Å²) in [6.45, 7) is 4.76. The van der Waals surface area contributed by atoms with Crippen molar-refractivity contribution >= 4 is 32.3 Å². The molecule has 7 aromatic rings. The lowest BCUT2D eigenvalue weighted by Crippen LogP contribution is -2.18. The number of benzene rings is 7. The fraction of sp³-hybridized carbons (Fsp3) is 0.111. The summed E-state index contributed by atoms with van der Waals surface area (Å²) in [5.74, 6) is 0. The van der Waals surface area contributed by atoms with Crippen molar-refractivity contribution in [3.05, 3.63) is 169 Å². The predicted octanol–water partition coefficient (Wildman–Crippen LogP) is 12.5. The Bertz CT molecular complexity index is 2240. The van der Waals surface area contributed by atoms with Crippen LogP contribution in [0.15, 0.2) is 158 Å². The van der Waals surface area contributed by atoms with Crippen LogP contribution in [-0.4, -0.2) is 0 Å². The van der Waals surface area contributed by atoms with Crippen LogP contribution in [0.5, 0.6) is 0 Å². The normalized spacial score (nSPS) is 15.7. The largest absolute Gasteiger partial charge is 0.0837 e. The standard InChI is InChI=1S/C45H36/c1-45(2)27-12-4-3-5-15-32-24-26-37(30-42(32)45)44-40-21-10-8-19-38(40)43(39-20-9-11-22-41(39)44)36-18-13-17-34(29-36)35-25-23-31-14-6-7-16-33(31)28-35/h3-14,16-26,28-30H,15,27H2,1-2H3/b5-3-,12-4-. The third-order valence-corrected chi connectivity index (χ3v) is 9.64. The van der Waals surface area contributed by atoms with Crippen molar-refractivity contribution in [3.8, 4) is 33.4 Å². The van der Waals surface area contributed by atoms with E-state index in [2.05, 4.69) is 172 Å². The van der Waals surface area contributed by atoms with Gasteiger partial charge in [-0.3, -0.25) is 0 Å². The Morgan fingerprint density at radius 3 is 1.71 bits per heavy atom. The highest BCUT2D eigenvalue weighted by Crippen LogP contribution is 2.45. The molecule has 0 spiro atoms. The molecule has 1 aliphatic rings. The lowest BCUT2D eigenvalue weighted by atomic mass is 9.76. The van der Waals surface area contributed by atoms with Crippen molar-refractivity contribution in [1.29, 1.82) is 0 Å². The van der Waals surface area contributed by atoms with E-state index < -0.39 is 0 Å². The van der Waals surface area contributed by atoms with E-state index in [1.54, 1.807) is 0 Å². The molecule has 0 heteroatoms. The van der Waals surface area contributed by atoms with Crippen LogP contribution >= 0.6 is 0 Å². The van der Waals surface area contributed by atoms with Crippen molar-refractivity contribution in [2.24, 2.45) is 0 Å². The summed E-state index contributed by atoms with van der Waals surface area (Å²) in [4.78, 5) is 0. The lowest BCUT2D eigenvalue weighted by molar-refractivity contribution is 0.530. The van der Waals surface area contributed by atoms with E-state index in [4.69, 9.17) is 0 Å². The van der Waals surface area contributed by atoms with E-state index in [0.717, 1.165) is 12.8 Å². The minimum atomic E-state index is 0.0443. The Labute approximate surface area is 266 Å². The number of hydrogen-bond acceptors (Lipinski definition) is 0. The van der Waals surface area contributed by atoms with Gasteiger partial charge in [0.25, 0.3) is 0 Å². The van der Waals surface area contributed by atoms with Crippen LogP contribution in [-0.2, 0) is 11.8 Å². The van der Waals surface area contributed by atoms with Gasteiger partial charge in [0.15, 0.2) is 0 Å². The summed E-state index contributed by atoms with van der Waals surface area (Å²) in [7, 11) is 0. The molecule has 0 aliphatic heterocycles. The van der Waals surface area contributed by atoms with Gasteiger partial charge < -0.3 is 0 Å². The number of rotatable bonds is 3. The average Bonchev–Trinajstić information content (AvgIpc) is 3.15. The molecule has 0 unspecified atom stereocenters. The molecule has 0 aromatic heterocycles. The Balaban J connectivity index is 1.35. The quantitative estimate of drug-likeness (QED) is 0.184. The maximum Gasteiger partial charge on any atom is -0.00262 e. The second-order valence-electron chi connectivity index (χ2n) is 13.0. The molecule has 0 amide bonds. The van der Waals surface area contributed by atoms with Crippen molar-refractivity contribution < 1.29 is 0 Å². The molecule has 0 saturated heterocycles. The molecule has 1 aliphatic carbocycles. The minimum Gasteiger partial charge on any atom is -0.0837 e. The molecule has 0 nitrogen and oxygen atoms in total. The second-order valence-corrected chi connectivity index (χ2v) is 13.0. The maximum atomic E-state index is 2.48. The van der Waals surface area contributed by atoms with Gasteiger partial charge in [0, 0.05) is 0 Å². The highest BCUT2D eigenvalue weighted by atomic mass is 14.3. The fourth-order valence-corrected chi connectivity index (χ4v) is 7.34. The molecule has 8 rings (SSSR count). The Hall–Kier alpha value is -5.20. The number of allylic oxidation sites excluding steroid dienone is 4. The smallest absolute Gasteiger partial charge is 0.00262 e. The fourth-order valence-electron chi connectivity index (χ4n) is 7.34. The molecule has 0 N–H and O–H groups in total. The van der Waals surface area contributed by atoms with Gasteiger partial charge in [-0.1, -0.05) is 159 Å². The Kier molecular flexibility index (Phi) is 6.72. The Morgan fingerprint density at radius 1 is 0.444 bits per heavy atom. The third-order valence-electron chi connectivity index (χ3n) is 9.64. The van der Waals surface area contributed by atoms with Gasteiger partial charge in [0.2, 0.25) is 0 Å². The summed E-state index contributed by atoms with van der Waals surface area (Å²) in [5, 5.41) is 7.70. The average molecular weight is 577 g/mol. The summed E-state index contributed by atoms with van der Waals surface area (Å²) in [6, 6.07) is 49.6. The van der Waals surface area contributed by atoms with Crippen LogP contribution in [0.3, 0.4) is 0 Å². The first-order chi connectivity index (χ1) is 22.1. The van der Waals surface area contributed by atoms with E-state index in [0.29, 0.717) is 0 Å². The second kappa shape index (κ2) is 11.1. The van der Waals surface area contributed by atoms with Crippen molar-refractivity contribution in [2.45, 2.75) is 32.1 Å². The van der Waals surface area contributed by atoms with Gasteiger partial charge in [-0.05, 0) is 107 Å². The van der Waals surface area contributed by atoms with E-state index in [1.165, 1.54) is 76.8 Å². The molecule has 216 valence electrons. The minimum absolute atomic E-state index is 0.0443. The molecular formula is C45H36. The first kappa shape index (κ1) is 27.4. The lowest BCUT2D eigenvalue weighted by Gasteiger charge is -2.28. The highest BCUT2D eigenvalue weighted by Gasteiger charge is 2.24. The van der Waals surface area contributed by atoms with Gasteiger partial charge in [-0.25, -0.2) is 0 Å². The number of fused-ring (bicyclic) bond motifs is 4. The maximum absolute atomic E-state index is 2.48. The summed E-state index contributed by atoms with van der Waals surface area (Å²) >= 11 is 0. The summed E-state index contributed by atoms with van der Waals surface area (Å²) in [6.07, 6.45) is 10.9. The van der Waals surface area contributed by atoms with E-state index in [-0.39, 0.29) is 5.41 Å². The summed E-state index contributed by atoms with van der Waals surface area (Å²) < 4.78 is 0. The van der Waals surface area contributed by atoms with E-state index in [9.17, 15) is 0 Å². The predicted molar refractivity (Wildman–Crippen MR) is 195 cm³/mol. The highest BCUT2D eigenvalue weighted by molar-refractivity contribution is 6.21. The van der Waals surface area contributed by atoms with Crippen LogP contribution in [0, 0.1) is 0 Å². The van der Waals surface area contributed by atoms with Crippen molar-refractivity contribution in [3.63, 3.8) is 0 Å². The van der Waals surface area contributed by atoms with Gasteiger partial charge in [0.1, 0.15) is 0 Å². The number of hydrogen-bond donors (Lipinski definition) is 0. The zero-order valence-corrected chi connectivity index (χ0v) is 25.9. The van der Waals surface area contributed by atoms with Crippen molar-refractivity contribution in [1.82, 2.24) is 0 Å². The molecule has 7 aromatic carbocycles. The molecule has 0 heterocycles. The van der Waals surface area contributed by atoms with Crippen LogP contribution in [0.4, 0.5) is 0 Å². The molecule has 0 radical (unpaired) electrons. The van der Waals surface area contributed by atoms with Gasteiger partial charge in [0.05, 0.1) is 0 Å². The first-order valence-corrected chi connectivity index (χ1v) is 16.1. The molecule has 45 heavy (non-hydrogen) atoms. The van der Waals surface area contributed by atoms with Crippen LogP contribution in [0.1, 0.15) is 31.4 Å². The van der Waals surface area contributed by atoms with Gasteiger partial charge in [-0.2, -0.15) is 0 Å².